The van der Waals surface area contributed by atoms with E-state index in [2.05, 4.69) is 25.3 Å². The molecular formula is C12H19N7O. The van der Waals surface area contributed by atoms with Crippen LogP contribution in [0.25, 0.3) is 5.95 Å². The highest BCUT2D eigenvalue weighted by atomic mass is 16.3. The van der Waals surface area contributed by atoms with Crippen molar-refractivity contribution >= 4 is 11.9 Å². The number of imidazole rings is 1. The Morgan fingerprint density at radius 2 is 2.15 bits per heavy atom. The topological polar surface area (TPSA) is 92.0 Å². The first kappa shape index (κ1) is 14.2. The van der Waals surface area contributed by atoms with Gasteiger partial charge in [-0.2, -0.15) is 15.0 Å². The van der Waals surface area contributed by atoms with Crippen LogP contribution < -0.4 is 10.2 Å². The van der Waals surface area contributed by atoms with Crippen molar-refractivity contribution in [1.29, 1.82) is 0 Å². The van der Waals surface area contributed by atoms with E-state index in [1.54, 1.807) is 30.3 Å². The van der Waals surface area contributed by atoms with Crippen molar-refractivity contribution in [3.8, 4) is 5.95 Å². The van der Waals surface area contributed by atoms with Crippen LogP contribution in [0, 0.1) is 0 Å². The van der Waals surface area contributed by atoms with Crippen LogP contribution in [-0.2, 0) is 0 Å². The average molecular weight is 277 g/mol. The zero-order chi connectivity index (χ0) is 14.5. The first-order valence-electron chi connectivity index (χ1n) is 6.45. The summed E-state index contributed by atoms with van der Waals surface area (Å²) in [6.45, 7) is 4.55. The minimum atomic E-state index is 0.0408. The zero-order valence-electron chi connectivity index (χ0n) is 11.9. The summed E-state index contributed by atoms with van der Waals surface area (Å²) in [5.74, 6) is 1.49. The monoisotopic (exact) mass is 277 g/mol. The maximum Gasteiger partial charge on any atom is 0.241 e. The number of nitrogens with one attached hydrogen (secondary N) is 1. The number of rotatable bonds is 6. The number of aromatic nitrogens is 5. The molecule has 0 aliphatic heterocycles. The second-order valence-corrected chi connectivity index (χ2v) is 4.49. The van der Waals surface area contributed by atoms with Gasteiger partial charge in [0.15, 0.2) is 0 Å². The van der Waals surface area contributed by atoms with Gasteiger partial charge >= 0.3 is 0 Å². The molecular weight excluding hydrogens is 258 g/mol. The van der Waals surface area contributed by atoms with Crippen LogP contribution in [0.3, 0.4) is 0 Å². The first-order valence-corrected chi connectivity index (χ1v) is 6.45. The Bertz CT molecular complexity index is 541. The number of aliphatic hydroxyl groups excluding tert-OH is 1. The third-order valence-electron chi connectivity index (χ3n) is 2.79. The fourth-order valence-corrected chi connectivity index (χ4v) is 1.78. The minimum Gasteiger partial charge on any atom is -0.395 e. The summed E-state index contributed by atoms with van der Waals surface area (Å²) < 4.78 is 1.71. The van der Waals surface area contributed by atoms with Crippen molar-refractivity contribution < 1.29 is 5.11 Å². The summed E-state index contributed by atoms with van der Waals surface area (Å²) in [5.41, 5.74) is 0. The second-order valence-electron chi connectivity index (χ2n) is 4.49. The molecule has 2 heterocycles. The Morgan fingerprint density at radius 3 is 2.70 bits per heavy atom. The summed E-state index contributed by atoms with van der Waals surface area (Å²) in [7, 11) is 1.75. The van der Waals surface area contributed by atoms with Gasteiger partial charge in [0.25, 0.3) is 0 Å². The second kappa shape index (κ2) is 6.29. The maximum absolute atomic E-state index is 9.18. The smallest absolute Gasteiger partial charge is 0.241 e. The number of hydrogen-bond donors (Lipinski definition) is 2. The van der Waals surface area contributed by atoms with E-state index >= 15 is 0 Å². The average Bonchev–Trinajstić information content (AvgIpc) is 2.98. The predicted molar refractivity (Wildman–Crippen MR) is 76.1 cm³/mol. The molecule has 0 fully saturated rings. The van der Waals surface area contributed by atoms with Gasteiger partial charge in [-0.15, -0.1) is 0 Å². The molecule has 0 unspecified atom stereocenters. The molecule has 2 N–H and O–H groups in total. The summed E-state index contributed by atoms with van der Waals surface area (Å²) in [4.78, 5) is 19.0. The van der Waals surface area contributed by atoms with Crippen LogP contribution >= 0.6 is 0 Å². The Balaban J connectivity index is 2.44. The predicted octanol–water partition coefficient (Wildman–Crippen LogP) is 0.306. The Hall–Kier alpha value is -2.22. The summed E-state index contributed by atoms with van der Waals surface area (Å²) >= 11 is 0. The van der Waals surface area contributed by atoms with Crippen molar-refractivity contribution in [2.45, 2.75) is 19.9 Å². The first-order chi connectivity index (χ1) is 9.65. The van der Waals surface area contributed by atoms with E-state index in [0.29, 0.717) is 24.4 Å². The van der Waals surface area contributed by atoms with Crippen molar-refractivity contribution in [3.63, 3.8) is 0 Å². The molecule has 0 radical (unpaired) electrons. The SMILES string of the molecule is CNc1nc(N(CCO)C(C)C)nc(-n2ccnc2)n1. The lowest BCUT2D eigenvalue weighted by atomic mass is 10.3. The van der Waals surface area contributed by atoms with Gasteiger partial charge in [0.2, 0.25) is 17.8 Å². The minimum absolute atomic E-state index is 0.0408. The van der Waals surface area contributed by atoms with E-state index in [9.17, 15) is 5.11 Å². The molecule has 20 heavy (non-hydrogen) atoms. The normalized spacial score (nSPS) is 10.8. The molecule has 0 saturated carbocycles. The third kappa shape index (κ3) is 3.02. The van der Waals surface area contributed by atoms with Gasteiger partial charge in [0, 0.05) is 32.0 Å². The van der Waals surface area contributed by atoms with E-state index in [1.165, 1.54) is 0 Å². The van der Waals surface area contributed by atoms with Gasteiger partial charge in [0.1, 0.15) is 6.33 Å². The van der Waals surface area contributed by atoms with E-state index < -0.39 is 0 Å². The molecule has 0 saturated heterocycles. The number of anilines is 2. The summed E-state index contributed by atoms with van der Waals surface area (Å²) in [6, 6.07) is 0.171. The quantitative estimate of drug-likeness (QED) is 0.784. The Labute approximate surface area is 117 Å². The van der Waals surface area contributed by atoms with Crippen molar-refractivity contribution in [3.05, 3.63) is 18.7 Å². The molecule has 2 rings (SSSR count). The van der Waals surface area contributed by atoms with Gasteiger partial charge in [-0.25, -0.2) is 4.98 Å². The van der Waals surface area contributed by atoms with E-state index in [0.717, 1.165) is 0 Å². The molecule has 0 aromatic carbocycles. The highest BCUT2D eigenvalue weighted by Gasteiger charge is 2.16. The molecule has 0 amide bonds. The number of aliphatic hydroxyl groups is 1. The fourth-order valence-electron chi connectivity index (χ4n) is 1.78. The van der Waals surface area contributed by atoms with Gasteiger partial charge in [-0.3, -0.25) is 4.57 Å². The molecule has 2 aromatic heterocycles. The molecule has 0 aliphatic rings. The van der Waals surface area contributed by atoms with Crippen LogP contribution in [0.1, 0.15) is 13.8 Å². The Kier molecular flexibility index (Phi) is 4.46. The highest BCUT2D eigenvalue weighted by Crippen LogP contribution is 2.15. The molecule has 0 spiro atoms. The molecule has 8 nitrogen and oxygen atoms in total. The van der Waals surface area contributed by atoms with Crippen LogP contribution in [-0.4, -0.2) is 55.9 Å². The lowest BCUT2D eigenvalue weighted by Gasteiger charge is -2.26. The van der Waals surface area contributed by atoms with Gasteiger partial charge in [-0.1, -0.05) is 0 Å². The molecule has 2 aromatic rings. The zero-order valence-corrected chi connectivity index (χ0v) is 11.9. The third-order valence-corrected chi connectivity index (χ3v) is 2.79. The van der Waals surface area contributed by atoms with Gasteiger partial charge in [0.05, 0.1) is 6.61 Å². The number of nitrogens with zero attached hydrogens (tertiary/aromatic N) is 6. The van der Waals surface area contributed by atoms with Crippen molar-refractivity contribution in [2.24, 2.45) is 0 Å². The molecule has 0 aliphatic carbocycles. The highest BCUT2D eigenvalue weighted by molar-refractivity contribution is 5.40. The van der Waals surface area contributed by atoms with Crippen LogP contribution in [0.5, 0.6) is 0 Å². The molecule has 8 heteroatoms. The van der Waals surface area contributed by atoms with E-state index in [1.807, 2.05) is 18.7 Å². The largest absolute Gasteiger partial charge is 0.395 e. The Morgan fingerprint density at radius 1 is 1.35 bits per heavy atom. The number of hydrogen-bond acceptors (Lipinski definition) is 7. The molecule has 0 atom stereocenters. The van der Waals surface area contributed by atoms with Crippen molar-refractivity contribution in [2.75, 3.05) is 30.4 Å². The van der Waals surface area contributed by atoms with Crippen LogP contribution in [0.15, 0.2) is 18.7 Å². The van der Waals surface area contributed by atoms with Crippen LogP contribution in [0.2, 0.25) is 0 Å². The maximum atomic E-state index is 9.18. The summed E-state index contributed by atoms with van der Waals surface area (Å²) in [5, 5.41) is 12.1. The molecule has 0 bridgehead atoms. The molecule has 108 valence electrons. The fraction of sp³-hybridized carbons (Fsp3) is 0.500. The summed E-state index contributed by atoms with van der Waals surface area (Å²) in [6.07, 6.45) is 5.06. The van der Waals surface area contributed by atoms with E-state index in [-0.39, 0.29) is 12.6 Å². The van der Waals surface area contributed by atoms with Crippen LogP contribution in [0.4, 0.5) is 11.9 Å². The van der Waals surface area contributed by atoms with Gasteiger partial charge in [-0.05, 0) is 13.8 Å². The lowest BCUT2D eigenvalue weighted by molar-refractivity contribution is 0.298. The lowest BCUT2D eigenvalue weighted by Crippen LogP contribution is -2.35. The van der Waals surface area contributed by atoms with Gasteiger partial charge < -0.3 is 15.3 Å². The van der Waals surface area contributed by atoms with Crippen molar-refractivity contribution in [1.82, 2.24) is 24.5 Å². The standard InChI is InChI=1S/C12H19N7O/c1-9(2)19(6-7-20)12-16-10(13-3)15-11(17-12)18-5-4-14-8-18/h4-5,8-9,20H,6-7H2,1-3H3,(H,13,15,16,17). The van der Waals surface area contributed by atoms with E-state index in [4.69, 9.17) is 0 Å².